The van der Waals surface area contributed by atoms with Gasteiger partial charge in [-0.1, -0.05) is 6.07 Å². The monoisotopic (exact) mass is 438 g/mol. The van der Waals surface area contributed by atoms with Gasteiger partial charge in [-0.25, -0.2) is 9.80 Å². The van der Waals surface area contributed by atoms with Crippen molar-refractivity contribution in [3.8, 4) is 0 Å². The number of nitrogens with one attached hydrogen (secondary N) is 1. The second kappa shape index (κ2) is 7.24. The largest absolute Gasteiger partial charge is 0.467 e. The predicted molar refractivity (Wildman–Crippen MR) is 110 cm³/mol. The SMILES string of the molecule is CC1(c2ccco2)NC(=O)N(CC(=O)N2N=C(c3cccs3)CC2c2ccco2)C1=O. The molecule has 31 heavy (non-hydrogen) atoms. The quantitative estimate of drug-likeness (QED) is 0.616. The first kappa shape index (κ1) is 19.3. The first-order chi connectivity index (χ1) is 15.0. The first-order valence-electron chi connectivity index (χ1n) is 9.62. The summed E-state index contributed by atoms with van der Waals surface area (Å²) in [5.74, 6) is -0.160. The number of rotatable bonds is 5. The lowest BCUT2D eigenvalue weighted by Gasteiger charge is -2.22. The summed E-state index contributed by atoms with van der Waals surface area (Å²) in [4.78, 5) is 40.6. The van der Waals surface area contributed by atoms with Crippen molar-refractivity contribution >= 4 is 34.9 Å². The Balaban J connectivity index is 1.40. The Hall–Kier alpha value is -3.66. The van der Waals surface area contributed by atoms with Gasteiger partial charge in [-0.15, -0.1) is 11.3 Å². The molecular weight excluding hydrogens is 420 g/mol. The van der Waals surface area contributed by atoms with Crippen LogP contribution < -0.4 is 5.32 Å². The van der Waals surface area contributed by atoms with Crippen molar-refractivity contribution in [1.82, 2.24) is 15.2 Å². The van der Waals surface area contributed by atoms with Gasteiger partial charge in [0, 0.05) is 6.42 Å². The number of thiophene rings is 1. The molecule has 0 spiro atoms. The summed E-state index contributed by atoms with van der Waals surface area (Å²) in [7, 11) is 0. The van der Waals surface area contributed by atoms with E-state index < -0.39 is 36.0 Å². The third-order valence-corrected chi connectivity index (χ3v) is 6.34. The molecule has 0 radical (unpaired) electrons. The Labute approximate surface area is 180 Å². The van der Waals surface area contributed by atoms with E-state index in [1.807, 2.05) is 17.5 Å². The maximum Gasteiger partial charge on any atom is 0.325 e. The Kier molecular flexibility index (Phi) is 4.51. The Morgan fingerprint density at radius 1 is 1.23 bits per heavy atom. The molecule has 158 valence electrons. The van der Waals surface area contributed by atoms with Gasteiger partial charge in [0.15, 0.2) is 5.54 Å². The summed E-state index contributed by atoms with van der Waals surface area (Å²) < 4.78 is 10.8. The van der Waals surface area contributed by atoms with E-state index in [-0.39, 0.29) is 0 Å². The number of carbonyl (C=O) groups is 3. The summed E-state index contributed by atoms with van der Waals surface area (Å²) >= 11 is 1.53. The Morgan fingerprint density at radius 3 is 2.71 bits per heavy atom. The lowest BCUT2D eigenvalue weighted by atomic mass is 9.99. The van der Waals surface area contributed by atoms with Crippen LogP contribution in [0.15, 0.2) is 68.2 Å². The summed E-state index contributed by atoms with van der Waals surface area (Å²) in [6, 6.07) is 9.50. The number of nitrogens with zero attached hydrogens (tertiary/aromatic N) is 3. The molecule has 9 nitrogen and oxygen atoms in total. The second-order valence-electron chi connectivity index (χ2n) is 7.42. The van der Waals surface area contributed by atoms with Gasteiger partial charge >= 0.3 is 6.03 Å². The van der Waals surface area contributed by atoms with Crippen LogP contribution in [0.2, 0.25) is 0 Å². The van der Waals surface area contributed by atoms with E-state index >= 15 is 0 Å². The molecule has 5 heterocycles. The van der Waals surface area contributed by atoms with Crippen molar-refractivity contribution in [2.75, 3.05) is 6.54 Å². The van der Waals surface area contributed by atoms with Crippen LogP contribution in [-0.2, 0) is 15.1 Å². The average molecular weight is 438 g/mol. The lowest BCUT2D eigenvalue weighted by molar-refractivity contribution is -0.140. The van der Waals surface area contributed by atoms with E-state index in [1.165, 1.54) is 28.9 Å². The molecule has 1 N–H and O–H groups in total. The molecule has 5 rings (SSSR count). The zero-order chi connectivity index (χ0) is 21.6. The summed E-state index contributed by atoms with van der Waals surface area (Å²) in [5, 5.41) is 10.4. The highest BCUT2D eigenvalue weighted by atomic mass is 32.1. The number of amides is 4. The van der Waals surface area contributed by atoms with Gasteiger partial charge in [0.25, 0.3) is 11.8 Å². The third kappa shape index (κ3) is 3.15. The maximum absolute atomic E-state index is 13.2. The van der Waals surface area contributed by atoms with Gasteiger partial charge in [0.1, 0.15) is 24.1 Å². The molecule has 2 aliphatic heterocycles. The van der Waals surface area contributed by atoms with Crippen LogP contribution >= 0.6 is 11.3 Å². The zero-order valence-electron chi connectivity index (χ0n) is 16.5. The number of hydrazone groups is 1. The molecule has 0 saturated carbocycles. The fraction of sp³-hybridized carbons (Fsp3) is 0.238. The highest BCUT2D eigenvalue weighted by molar-refractivity contribution is 7.12. The molecule has 0 bridgehead atoms. The number of hydrogen-bond donors (Lipinski definition) is 1. The van der Waals surface area contributed by atoms with Crippen molar-refractivity contribution in [1.29, 1.82) is 0 Å². The Bertz CT molecular complexity index is 1150. The molecule has 1 fully saturated rings. The smallest absolute Gasteiger partial charge is 0.325 e. The molecule has 4 amide bonds. The number of urea groups is 1. The molecule has 3 aromatic heterocycles. The van der Waals surface area contributed by atoms with E-state index in [4.69, 9.17) is 8.83 Å². The topological polar surface area (TPSA) is 108 Å². The van der Waals surface area contributed by atoms with Crippen LogP contribution in [0.5, 0.6) is 0 Å². The predicted octanol–water partition coefficient (Wildman–Crippen LogP) is 3.08. The van der Waals surface area contributed by atoms with Crippen molar-refractivity contribution in [2.24, 2.45) is 5.10 Å². The van der Waals surface area contributed by atoms with Crippen LogP contribution in [0.3, 0.4) is 0 Å². The molecule has 2 atom stereocenters. The van der Waals surface area contributed by atoms with E-state index in [0.717, 1.165) is 15.5 Å². The molecule has 0 aromatic carbocycles. The van der Waals surface area contributed by atoms with Gasteiger partial charge in [-0.2, -0.15) is 5.10 Å². The van der Waals surface area contributed by atoms with Crippen molar-refractivity contribution in [2.45, 2.75) is 24.9 Å². The van der Waals surface area contributed by atoms with Gasteiger partial charge < -0.3 is 14.2 Å². The van der Waals surface area contributed by atoms with Crippen LogP contribution in [0.4, 0.5) is 4.79 Å². The number of carbonyl (C=O) groups excluding carboxylic acids is 3. The van der Waals surface area contributed by atoms with Crippen molar-refractivity contribution < 1.29 is 23.2 Å². The fourth-order valence-corrected chi connectivity index (χ4v) is 4.53. The van der Waals surface area contributed by atoms with Gasteiger partial charge in [0.05, 0.1) is 23.1 Å². The lowest BCUT2D eigenvalue weighted by Crippen LogP contribution is -2.43. The minimum Gasteiger partial charge on any atom is -0.467 e. The maximum atomic E-state index is 13.2. The molecular formula is C21H18N4O5S. The van der Waals surface area contributed by atoms with Gasteiger partial charge in [0.2, 0.25) is 0 Å². The van der Waals surface area contributed by atoms with Crippen LogP contribution in [0.25, 0.3) is 0 Å². The van der Waals surface area contributed by atoms with Crippen molar-refractivity contribution in [3.05, 3.63) is 70.7 Å². The zero-order valence-corrected chi connectivity index (χ0v) is 17.3. The van der Waals surface area contributed by atoms with E-state index in [2.05, 4.69) is 10.4 Å². The highest BCUT2D eigenvalue weighted by Gasteiger charge is 2.52. The van der Waals surface area contributed by atoms with Crippen LogP contribution in [0.1, 0.15) is 35.8 Å². The molecule has 0 aliphatic carbocycles. The van der Waals surface area contributed by atoms with Crippen LogP contribution in [-0.4, -0.2) is 40.0 Å². The number of hydrogen-bond acceptors (Lipinski definition) is 7. The third-order valence-electron chi connectivity index (χ3n) is 5.43. The molecule has 10 heteroatoms. The van der Waals surface area contributed by atoms with Crippen LogP contribution in [0, 0.1) is 0 Å². The van der Waals surface area contributed by atoms with E-state index in [9.17, 15) is 14.4 Å². The first-order valence-corrected chi connectivity index (χ1v) is 10.5. The summed E-state index contributed by atoms with van der Waals surface area (Å²) in [6.07, 6.45) is 3.43. The van der Waals surface area contributed by atoms with Crippen molar-refractivity contribution in [3.63, 3.8) is 0 Å². The fourth-order valence-electron chi connectivity index (χ4n) is 3.81. The minimum atomic E-state index is -1.36. The number of imide groups is 1. The molecule has 2 unspecified atom stereocenters. The minimum absolute atomic E-state index is 0.299. The standard InChI is InChI=1S/C21H18N4O5S/c1-21(17-7-3-9-30-17)19(27)24(20(28)22-21)12-18(26)25-14(15-5-2-8-29-15)11-13(23-25)16-6-4-10-31-16/h2-10,14H,11-12H2,1H3,(H,22,28). The van der Waals surface area contributed by atoms with E-state index in [0.29, 0.717) is 17.9 Å². The molecule has 1 saturated heterocycles. The normalized spacial score (nSPS) is 23.4. The summed E-state index contributed by atoms with van der Waals surface area (Å²) in [5.41, 5.74) is -0.611. The highest BCUT2D eigenvalue weighted by Crippen LogP contribution is 2.35. The number of furan rings is 2. The molecule has 3 aromatic rings. The van der Waals surface area contributed by atoms with E-state index in [1.54, 1.807) is 31.2 Å². The average Bonchev–Trinajstić information content (AvgIpc) is 3.57. The molecule has 2 aliphatic rings. The Morgan fingerprint density at radius 2 is 2.03 bits per heavy atom. The van der Waals surface area contributed by atoms with Gasteiger partial charge in [-0.3, -0.25) is 14.5 Å². The summed E-state index contributed by atoms with van der Waals surface area (Å²) in [6.45, 7) is 1.10. The van der Waals surface area contributed by atoms with Gasteiger partial charge in [-0.05, 0) is 42.6 Å². The second-order valence-corrected chi connectivity index (χ2v) is 8.37.